The van der Waals surface area contributed by atoms with Gasteiger partial charge >= 0.3 is 0 Å². The van der Waals surface area contributed by atoms with Crippen molar-refractivity contribution in [3.63, 3.8) is 0 Å². The third-order valence-corrected chi connectivity index (χ3v) is 3.95. The van der Waals surface area contributed by atoms with Gasteiger partial charge in [0.05, 0.1) is 5.56 Å². The van der Waals surface area contributed by atoms with Gasteiger partial charge in [-0.2, -0.15) is 0 Å². The molecule has 2 heterocycles. The van der Waals surface area contributed by atoms with Crippen LogP contribution in [0, 0.1) is 0 Å². The second-order valence-electron chi connectivity index (χ2n) is 5.67. The van der Waals surface area contributed by atoms with Gasteiger partial charge in [-0.05, 0) is 20.5 Å². The van der Waals surface area contributed by atoms with E-state index in [2.05, 4.69) is 33.9 Å². The second-order valence-corrected chi connectivity index (χ2v) is 5.67. The molecule has 1 aromatic rings. The maximum Gasteiger partial charge on any atom is 0.257 e. The number of hydrogen-bond donors (Lipinski definition) is 2. The third kappa shape index (κ3) is 3.37. The van der Waals surface area contributed by atoms with Gasteiger partial charge in [-0.3, -0.25) is 4.79 Å². The summed E-state index contributed by atoms with van der Waals surface area (Å²) in [5.74, 6) is 0.455. The number of nitrogens with zero attached hydrogens (tertiary/aromatic N) is 3. The Morgan fingerprint density at radius 3 is 2.80 bits per heavy atom. The van der Waals surface area contributed by atoms with Crippen LogP contribution in [0.3, 0.4) is 0 Å². The molecular weight excluding hydrogens is 256 g/mol. The minimum atomic E-state index is -0.207. The summed E-state index contributed by atoms with van der Waals surface area (Å²) in [6.07, 6.45) is 2.02. The highest BCUT2D eigenvalue weighted by atomic mass is 16.3. The van der Waals surface area contributed by atoms with E-state index >= 15 is 0 Å². The van der Waals surface area contributed by atoms with Crippen molar-refractivity contribution in [1.29, 1.82) is 0 Å². The number of H-pyrrole nitrogens is 1. The van der Waals surface area contributed by atoms with E-state index in [0.29, 0.717) is 30.3 Å². The monoisotopic (exact) mass is 280 g/mol. The number of rotatable bonds is 4. The fourth-order valence-electron chi connectivity index (χ4n) is 2.65. The van der Waals surface area contributed by atoms with Crippen molar-refractivity contribution < 1.29 is 5.11 Å². The first-order valence-corrected chi connectivity index (χ1v) is 7.21. The molecule has 1 saturated heterocycles. The Bertz CT molecular complexity index is 514. The summed E-state index contributed by atoms with van der Waals surface area (Å²) in [6.45, 7) is 4.97. The maximum atomic E-state index is 12.0. The Morgan fingerprint density at radius 1 is 1.40 bits per heavy atom. The summed E-state index contributed by atoms with van der Waals surface area (Å²) in [6, 6.07) is 0.313. The lowest BCUT2D eigenvalue weighted by Gasteiger charge is -2.37. The summed E-state index contributed by atoms with van der Waals surface area (Å²) in [5, 5.41) is 9.90. The molecule has 1 fully saturated rings. The standard InChI is InChI=1S/C14H24N4O2/c1-4-5-11-13(19)15-12(16-14(11)20)8-10-9-17(2)6-7-18(10)3/h10H,4-9H2,1-3H3,(H2,15,16,19,20). The fourth-order valence-corrected chi connectivity index (χ4v) is 2.65. The minimum absolute atomic E-state index is 0.114. The molecule has 6 heteroatoms. The van der Waals surface area contributed by atoms with Crippen molar-refractivity contribution in [2.45, 2.75) is 32.2 Å². The van der Waals surface area contributed by atoms with Gasteiger partial charge in [-0.25, -0.2) is 4.98 Å². The normalized spacial score (nSPS) is 21.2. The molecule has 0 radical (unpaired) electrons. The molecule has 0 aromatic carbocycles. The Labute approximate surface area is 119 Å². The lowest BCUT2D eigenvalue weighted by Crippen LogP contribution is -2.51. The van der Waals surface area contributed by atoms with Gasteiger partial charge in [0.25, 0.3) is 5.56 Å². The van der Waals surface area contributed by atoms with Gasteiger partial charge < -0.3 is 19.9 Å². The van der Waals surface area contributed by atoms with Gasteiger partial charge in [-0.1, -0.05) is 13.3 Å². The molecule has 1 atom stereocenters. The quantitative estimate of drug-likeness (QED) is 0.825. The number of aromatic nitrogens is 2. The Morgan fingerprint density at radius 2 is 2.15 bits per heavy atom. The molecule has 1 unspecified atom stereocenters. The molecule has 1 aliphatic rings. The average molecular weight is 280 g/mol. The van der Waals surface area contributed by atoms with Crippen LogP contribution in [0.4, 0.5) is 0 Å². The number of aromatic amines is 1. The molecule has 0 spiro atoms. The largest absolute Gasteiger partial charge is 0.493 e. The van der Waals surface area contributed by atoms with Crippen molar-refractivity contribution in [1.82, 2.24) is 19.8 Å². The molecular formula is C14H24N4O2. The highest BCUT2D eigenvalue weighted by Gasteiger charge is 2.23. The lowest BCUT2D eigenvalue weighted by atomic mass is 10.1. The van der Waals surface area contributed by atoms with Crippen molar-refractivity contribution in [3.05, 3.63) is 21.7 Å². The van der Waals surface area contributed by atoms with Gasteiger partial charge in [0.2, 0.25) is 5.88 Å². The van der Waals surface area contributed by atoms with Crippen molar-refractivity contribution in [3.8, 4) is 5.88 Å². The molecule has 2 rings (SSSR count). The van der Waals surface area contributed by atoms with Crippen LogP contribution in [0.5, 0.6) is 5.88 Å². The first kappa shape index (κ1) is 15.0. The smallest absolute Gasteiger partial charge is 0.257 e. The number of likely N-dealkylation sites (N-methyl/N-ethyl adjacent to an activating group) is 2. The molecule has 0 amide bonds. The van der Waals surface area contributed by atoms with E-state index in [4.69, 9.17) is 0 Å². The van der Waals surface area contributed by atoms with Gasteiger partial charge in [0, 0.05) is 32.1 Å². The Hall–Kier alpha value is -1.40. The van der Waals surface area contributed by atoms with Crippen molar-refractivity contribution >= 4 is 0 Å². The topological polar surface area (TPSA) is 72.5 Å². The molecule has 112 valence electrons. The summed E-state index contributed by atoms with van der Waals surface area (Å²) < 4.78 is 0. The zero-order valence-electron chi connectivity index (χ0n) is 12.5. The van der Waals surface area contributed by atoms with Gasteiger partial charge in [-0.15, -0.1) is 0 Å². The zero-order valence-corrected chi connectivity index (χ0v) is 12.5. The molecule has 6 nitrogen and oxygen atoms in total. The molecule has 20 heavy (non-hydrogen) atoms. The van der Waals surface area contributed by atoms with Gasteiger partial charge in [0.1, 0.15) is 5.82 Å². The predicted molar refractivity (Wildman–Crippen MR) is 78.1 cm³/mol. The number of hydrogen-bond acceptors (Lipinski definition) is 5. The van der Waals surface area contributed by atoms with E-state index in [0.717, 1.165) is 26.1 Å². The number of piperazine rings is 1. The average Bonchev–Trinajstić information content (AvgIpc) is 2.38. The summed E-state index contributed by atoms with van der Waals surface area (Å²) in [5.41, 5.74) is 0.187. The first-order valence-electron chi connectivity index (χ1n) is 7.21. The summed E-state index contributed by atoms with van der Waals surface area (Å²) in [7, 11) is 4.18. The Kier molecular flexibility index (Phi) is 4.77. The highest BCUT2D eigenvalue weighted by Crippen LogP contribution is 2.14. The van der Waals surface area contributed by atoms with Gasteiger partial charge in [0.15, 0.2) is 0 Å². The SMILES string of the molecule is CCCc1c(O)nc(CC2CN(C)CCN2C)[nH]c1=O. The van der Waals surface area contributed by atoms with Crippen LogP contribution >= 0.6 is 0 Å². The molecule has 1 aliphatic heterocycles. The van der Waals surface area contributed by atoms with Crippen LogP contribution in [-0.2, 0) is 12.8 Å². The van der Waals surface area contributed by atoms with Crippen molar-refractivity contribution in [2.24, 2.45) is 0 Å². The molecule has 0 saturated carbocycles. The molecule has 1 aromatic heterocycles. The van der Waals surface area contributed by atoms with Crippen LogP contribution in [0.1, 0.15) is 24.7 Å². The molecule has 2 N–H and O–H groups in total. The van der Waals surface area contributed by atoms with Crippen molar-refractivity contribution in [2.75, 3.05) is 33.7 Å². The third-order valence-electron chi connectivity index (χ3n) is 3.95. The second kappa shape index (κ2) is 6.37. The summed E-state index contributed by atoms with van der Waals surface area (Å²) in [4.78, 5) is 23.5. The van der Waals surface area contributed by atoms with E-state index in [1.807, 2.05) is 6.92 Å². The zero-order chi connectivity index (χ0) is 14.7. The highest BCUT2D eigenvalue weighted by molar-refractivity contribution is 5.22. The van der Waals surface area contributed by atoms with E-state index in [9.17, 15) is 9.90 Å². The summed E-state index contributed by atoms with van der Waals surface area (Å²) >= 11 is 0. The Balaban J connectivity index is 2.15. The number of aromatic hydroxyl groups is 1. The minimum Gasteiger partial charge on any atom is -0.493 e. The van der Waals surface area contributed by atoms with E-state index in [1.165, 1.54) is 0 Å². The maximum absolute atomic E-state index is 12.0. The van der Waals surface area contributed by atoms with Crippen LogP contribution in [0.15, 0.2) is 4.79 Å². The van der Waals surface area contributed by atoms with Crippen LogP contribution in [0.2, 0.25) is 0 Å². The lowest BCUT2D eigenvalue weighted by molar-refractivity contribution is 0.113. The van der Waals surface area contributed by atoms with E-state index in [1.54, 1.807) is 0 Å². The fraction of sp³-hybridized carbons (Fsp3) is 0.714. The van der Waals surface area contributed by atoms with E-state index < -0.39 is 0 Å². The molecule has 0 bridgehead atoms. The first-order chi connectivity index (χ1) is 9.51. The number of nitrogens with one attached hydrogen (secondary N) is 1. The van der Waals surface area contributed by atoms with Crippen LogP contribution in [-0.4, -0.2) is 64.6 Å². The predicted octanol–water partition coefficient (Wildman–Crippen LogP) is 0.216. The van der Waals surface area contributed by atoms with Crippen LogP contribution in [0.25, 0.3) is 0 Å². The van der Waals surface area contributed by atoms with Crippen LogP contribution < -0.4 is 5.56 Å². The van der Waals surface area contributed by atoms with E-state index in [-0.39, 0.29) is 11.4 Å². The molecule has 0 aliphatic carbocycles.